The van der Waals surface area contributed by atoms with Crippen LogP contribution < -0.4 is 0 Å². The van der Waals surface area contributed by atoms with E-state index in [1.807, 2.05) is 6.92 Å². The first-order valence-electron chi connectivity index (χ1n) is 6.48. The maximum atomic E-state index is 11.1. The van der Waals surface area contributed by atoms with Crippen LogP contribution >= 0.6 is 0 Å². The minimum absolute atomic E-state index is 0.0656. The van der Waals surface area contributed by atoms with Crippen molar-refractivity contribution in [1.82, 2.24) is 4.90 Å². The molecule has 0 bridgehead atoms. The maximum absolute atomic E-state index is 11.1. The van der Waals surface area contributed by atoms with E-state index in [9.17, 15) is 4.79 Å². The number of aldehydes is 1. The average Bonchev–Trinajstić information content (AvgIpc) is 2.85. The summed E-state index contributed by atoms with van der Waals surface area (Å²) in [7, 11) is 0. The number of hydrogen-bond donors (Lipinski definition) is 0. The summed E-state index contributed by atoms with van der Waals surface area (Å²) in [4.78, 5) is 13.6. The number of benzene rings is 1. The van der Waals surface area contributed by atoms with Crippen LogP contribution in [0.5, 0.6) is 0 Å². The van der Waals surface area contributed by atoms with E-state index >= 15 is 0 Å². The second kappa shape index (κ2) is 5.46. The lowest BCUT2D eigenvalue weighted by molar-refractivity contribution is -0.112. The zero-order valence-electron chi connectivity index (χ0n) is 10.7. The molecule has 2 heteroatoms. The zero-order chi connectivity index (χ0) is 12.3. The third-order valence-electron chi connectivity index (χ3n) is 3.67. The van der Waals surface area contributed by atoms with Gasteiger partial charge in [0, 0.05) is 12.0 Å². The van der Waals surface area contributed by atoms with E-state index in [-0.39, 0.29) is 12.0 Å². The molecule has 0 radical (unpaired) electrons. The molecule has 1 heterocycles. The lowest BCUT2D eigenvalue weighted by Crippen LogP contribution is -2.31. The van der Waals surface area contributed by atoms with Crippen molar-refractivity contribution in [2.75, 3.05) is 13.1 Å². The van der Waals surface area contributed by atoms with E-state index in [0.717, 1.165) is 19.4 Å². The standard InChI is InChI=1S/C15H21NO/c1-12-5-7-14(8-6-12)15(13(2)11-17)16-9-3-4-10-16/h5-8,11,13,15H,3-4,9-10H2,1-2H3. The molecule has 1 saturated heterocycles. The summed E-state index contributed by atoms with van der Waals surface area (Å²) in [5.41, 5.74) is 2.55. The summed E-state index contributed by atoms with van der Waals surface area (Å²) in [6.45, 7) is 6.36. The van der Waals surface area contributed by atoms with E-state index in [0.29, 0.717) is 0 Å². The lowest BCUT2D eigenvalue weighted by Gasteiger charge is -2.30. The summed E-state index contributed by atoms with van der Waals surface area (Å²) in [6, 6.07) is 8.86. The lowest BCUT2D eigenvalue weighted by atomic mass is 9.93. The van der Waals surface area contributed by atoms with Gasteiger partial charge in [-0.2, -0.15) is 0 Å². The van der Waals surface area contributed by atoms with Gasteiger partial charge in [-0.15, -0.1) is 0 Å². The molecule has 0 aliphatic carbocycles. The summed E-state index contributed by atoms with van der Waals surface area (Å²) in [6.07, 6.45) is 3.60. The topological polar surface area (TPSA) is 20.3 Å². The van der Waals surface area contributed by atoms with Gasteiger partial charge in [0.05, 0.1) is 0 Å². The van der Waals surface area contributed by atoms with Crippen LogP contribution in [0.2, 0.25) is 0 Å². The number of aryl methyl sites for hydroxylation is 1. The molecule has 1 aliphatic heterocycles. The predicted octanol–water partition coefficient (Wildman–Crippen LogP) is 2.97. The van der Waals surface area contributed by atoms with Crippen molar-refractivity contribution >= 4 is 6.29 Å². The van der Waals surface area contributed by atoms with Crippen LogP contribution in [0.4, 0.5) is 0 Å². The number of carbonyl (C=O) groups excluding carboxylic acids is 1. The molecule has 1 aromatic carbocycles. The molecule has 1 fully saturated rings. The fraction of sp³-hybridized carbons (Fsp3) is 0.533. The molecule has 1 aromatic rings. The van der Waals surface area contributed by atoms with Crippen LogP contribution in [0.1, 0.15) is 36.9 Å². The van der Waals surface area contributed by atoms with Crippen LogP contribution in [0.3, 0.4) is 0 Å². The number of nitrogens with zero attached hydrogens (tertiary/aromatic N) is 1. The molecule has 0 N–H and O–H groups in total. The van der Waals surface area contributed by atoms with E-state index < -0.39 is 0 Å². The molecule has 1 aliphatic rings. The van der Waals surface area contributed by atoms with Crippen molar-refractivity contribution in [1.29, 1.82) is 0 Å². The Bertz CT molecular complexity index is 365. The number of likely N-dealkylation sites (tertiary alicyclic amines) is 1. The molecule has 2 nitrogen and oxygen atoms in total. The molecule has 0 saturated carbocycles. The molecule has 0 spiro atoms. The van der Waals surface area contributed by atoms with Gasteiger partial charge in [-0.25, -0.2) is 0 Å². The SMILES string of the molecule is Cc1ccc(C(C(C)C=O)N2CCCC2)cc1. The molecule has 0 aromatic heterocycles. The van der Waals surface area contributed by atoms with Gasteiger partial charge in [-0.1, -0.05) is 36.8 Å². The molecule has 2 atom stereocenters. The van der Waals surface area contributed by atoms with Crippen LogP contribution in [-0.4, -0.2) is 24.3 Å². The first-order valence-corrected chi connectivity index (χ1v) is 6.48. The summed E-state index contributed by atoms with van der Waals surface area (Å²) in [5.74, 6) is 0.0656. The van der Waals surface area contributed by atoms with E-state index in [1.54, 1.807) is 0 Å². The molecule has 0 amide bonds. The van der Waals surface area contributed by atoms with Crippen molar-refractivity contribution in [3.8, 4) is 0 Å². The first kappa shape index (κ1) is 12.3. The molecular formula is C15H21NO. The third-order valence-corrected chi connectivity index (χ3v) is 3.67. The van der Waals surface area contributed by atoms with Crippen molar-refractivity contribution in [3.63, 3.8) is 0 Å². The van der Waals surface area contributed by atoms with Crippen LogP contribution in [-0.2, 0) is 4.79 Å². The third kappa shape index (κ3) is 2.75. The minimum Gasteiger partial charge on any atom is -0.303 e. The summed E-state index contributed by atoms with van der Waals surface area (Å²) in [5, 5.41) is 0. The fourth-order valence-corrected chi connectivity index (χ4v) is 2.70. The Labute approximate surface area is 104 Å². The fourth-order valence-electron chi connectivity index (χ4n) is 2.70. The molecule has 92 valence electrons. The van der Waals surface area contributed by atoms with Gasteiger partial charge in [-0.05, 0) is 38.4 Å². The predicted molar refractivity (Wildman–Crippen MR) is 70.0 cm³/mol. The quantitative estimate of drug-likeness (QED) is 0.742. The first-order chi connectivity index (χ1) is 8.22. The summed E-state index contributed by atoms with van der Waals surface area (Å²) < 4.78 is 0. The van der Waals surface area contributed by atoms with E-state index in [1.165, 1.54) is 24.0 Å². The maximum Gasteiger partial charge on any atom is 0.124 e. The molecular weight excluding hydrogens is 210 g/mol. The largest absolute Gasteiger partial charge is 0.303 e. The van der Waals surface area contributed by atoms with Crippen LogP contribution in [0.25, 0.3) is 0 Å². The normalized spacial score (nSPS) is 20.1. The smallest absolute Gasteiger partial charge is 0.124 e. The highest BCUT2D eigenvalue weighted by Crippen LogP contribution is 2.30. The second-order valence-electron chi connectivity index (χ2n) is 5.09. The number of carbonyl (C=O) groups is 1. The highest BCUT2D eigenvalue weighted by Gasteiger charge is 2.27. The van der Waals surface area contributed by atoms with Crippen LogP contribution in [0, 0.1) is 12.8 Å². The van der Waals surface area contributed by atoms with Gasteiger partial charge in [0.15, 0.2) is 0 Å². The second-order valence-corrected chi connectivity index (χ2v) is 5.09. The zero-order valence-corrected chi connectivity index (χ0v) is 10.7. The monoisotopic (exact) mass is 231 g/mol. The van der Waals surface area contributed by atoms with Gasteiger partial charge in [0.25, 0.3) is 0 Å². The molecule has 17 heavy (non-hydrogen) atoms. The van der Waals surface area contributed by atoms with Crippen LogP contribution in [0.15, 0.2) is 24.3 Å². The van der Waals surface area contributed by atoms with Gasteiger partial charge < -0.3 is 4.79 Å². The highest BCUT2D eigenvalue weighted by atomic mass is 16.1. The van der Waals surface area contributed by atoms with Gasteiger partial charge in [0.2, 0.25) is 0 Å². The van der Waals surface area contributed by atoms with Gasteiger partial charge in [-0.3, -0.25) is 4.90 Å². The molecule has 2 rings (SSSR count). The van der Waals surface area contributed by atoms with E-state index in [4.69, 9.17) is 0 Å². The Kier molecular flexibility index (Phi) is 3.95. The molecule has 2 unspecified atom stereocenters. The number of hydrogen-bond acceptors (Lipinski definition) is 2. The summed E-state index contributed by atoms with van der Waals surface area (Å²) >= 11 is 0. The minimum atomic E-state index is 0.0656. The van der Waals surface area contributed by atoms with Crippen molar-refractivity contribution < 1.29 is 4.79 Å². The van der Waals surface area contributed by atoms with Crippen molar-refractivity contribution in [2.24, 2.45) is 5.92 Å². The van der Waals surface area contributed by atoms with Gasteiger partial charge >= 0.3 is 0 Å². The van der Waals surface area contributed by atoms with E-state index in [2.05, 4.69) is 36.1 Å². The Balaban J connectivity index is 2.25. The number of rotatable bonds is 4. The van der Waals surface area contributed by atoms with Crippen molar-refractivity contribution in [2.45, 2.75) is 32.7 Å². The average molecular weight is 231 g/mol. The van der Waals surface area contributed by atoms with Crippen molar-refractivity contribution in [3.05, 3.63) is 35.4 Å². The Morgan fingerprint density at radius 1 is 1.18 bits per heavy atom. The Hall–Kier alpha value is -1.15. The Morgan fingerprint density at radius 3 is 2.29 bits per heavy atom. The highest BCUT2D eigenvalue weighted by molar-refractivity contribution is 5.55. The van der Waals surface area contributed by atoms with Gasteiger partial charge in [0.1, 0.15) is 6.29 Å². The Morgan fingerprint density at radius 2 is 1.76 bits per heavy atom.